The minimum atomic E-state index is 0.461. The van der Waals surface area contributed by atoms with Crippen molar-refractivity contribution in [2.24, 2.45) is 5.92 Å². The van der Waals surface area contributed by atoms with Crippen molar-refractivity contribution in [3.8, 4) is 0 Å². The van der Waals surface area contributed by atoms with Gasteiger partial charge in [-0.05, 0) is 61.4 Å². The standard InChI is InChI=1S/C18H21N/c1-13-8-11-17(12-14(13)2)19-18(16-9-10-16)15-6-4-3-5-7-15/h3-8,11-12,16,18-19H,9-10H2,1-2H3. The van der Waals surface area contributed by atoms with Gasteiger partial charge in [-0.1, -0.05) is 36.4 Å². The fourth-order valence-corrected chi connectivity index (χ4v) is 2.57. The zero-order valence-electron chi connectivity index (χ0n) is 11.7. The molecule has 0 saturated heterocycles. The highest BCUT2D eigenvalue weighted by atomic mass is 14.9. The molecule has 19 heavy (non-hydrogen) atoms. The Labute approximate surface area is 115 Å². The summed E-state index contributed by atoms with van der Waals surface area (Å²) >= 11 is 0. The van der Waals surface area contributed by atoms with Crippen molar-refractivity contribution in [2.45, 2.75) is 32.7 Å². The highest BCUT2D eigenvalue weighted by Gasteiger charge is 2.32. The summed E-state index contributed by atoms with van der Waals surface area (Å²) in [6.07, 6.45) is 2.69. The van der Waals surface area contributed by atoms with Crippen LogP contribution in [0.15, 0.2) is 48.5 Å². The molecule has 0 radical (unpaired) electrons. The smallest absolute Gasteiger partial charge is 0.0542 e. The van der Waals surface area contributed by atoms with Gasteiger partial charge >= 0.3 is 0 Å². The molecule has 1 unspecified atom stereocenters. The van der Waals surface area contributed by atoms with E-state index in [0.717, 1.165) is 5.92 Å². The average molecular weight is 251 g/mol. The number of anilines is 1. The van der Waals surface area contributed by atoms with Gasteiger partial charge in [-0.15, -0.1) is 0 Å². The molecule has 0 bridgehead atoms. The summed E-state index contributed by atoms with van der Waals surface area (Å²) in [5.41, 5.74) is 5.35. The second-order valence-corrected chi connectivity index (χ2v) is 5.67. The zero-order valence-corrected chi connectivity index (χ0v) is 11.7. The van der Waals surface area contributed by atoms with Gasteiger partial charge in [0.25, 0.3) is 0 Å². The van der Waals surface area contributed by atoms with Crippen LogP contribution in [-0.4, -0.2) is 0 Å². The third-order valence-corrected chi connectivity index (χ3v) is 4.08. The van der Waals surface area contributed by atoms with Gasteiger partial charge in [-0.2, -0.15) is 0 Å². The normalized spacial score (nSPS) is 16.1. The molecule has 0 aromatic heterocycles. The van der Waals surface area contributed by atoms with Crippen LogP contribution < -0.4 is 5.32 Å². The van der Waals surface area contributed by atoms with E-state index in [9.17, 15) is 0 Å². The van der Waals surface area contributed by atoms with Crippen molar-refractivity contribution >= 4 is 5.69 Å². The summed E-state index contributed by atoms with van der Waals surface area (Å²) in [6.45, 7) is 4.34. The van der Waals surface area contributed by atoms with Crippen LogP contribution in [0.5, 0.6) is 0 Å². The maximum Gasteiger partial charge on any atom is 0.0542 e. The van der Waals surface area contributed by atoms with Crippen LogP contribution in [-0.2, 0) is 0 Å². The van der Waals surface area contributed by atoms with Crippen LogP contribution in [0.1, 0.15) is 35.6 Å². The van der Waals surface area contributed by atoms with Crippen LogP contribution in [0.4, 0.5) is 5.69 Å². The largest absolute Gasteiger partial charge is 0.378 e. The van der Waals surface area contributed by atoms with E-state index < -0.39 is 0 Å². The Morgan fingerprint density at radius 3 is 2.32 bits per heavy atom. The van der Waals surface area contributed by atoms with Gasteiger partial charge in [0.05, 0.1) is 6.04 Å². The minimum Gasteiger partial charge on any atom is -0.378 e. The minimum absolute atomic E-state index is 0.461. The lowest BCUT2D eigenvalue weighted by molar-refractivity contribution is 0.679. The molecule has 1 heteroatoms. The van der Waals surface area contributed by atoms with Crippen molar-refractivity contribution in [1.29, 1.82) is 0 Å². The fraction of sp³-hybridized carbons (Fsp3) is 0.333. The predicted octanol–water partition coefficient (Wildman–Crippen LogP) is 4.87. The Kier molecular flexibility index (Phi) is 3.29. The lowest BCUT2D eigenvalue weighted by Gasteiger charge is -2.20. The van der Waals surface area contributed by atoms with Crippen molar-refractivity contribution in [1.82, 2.24) is 0 Å². The Balaban J connectivity index is 1.84. The van der Waals surface area contributed by atoms with Crippen LogP contribution in [0, 0.1) is 19.8 Å². The molecule has 0 heterocycles. The molecular formula is C18H21N. The molecular weight excluding hydrogens is 230 g/mol. The molecule has 1 atom stereocenters. The van der Waals surface area contributed by atoms with E-state index in [1.165, 1.54) is 35.2 Å². The van der Waals surface area contributed by atoms with E-state index >= 15 is 0 Å². The van der Waals surface area contributed by atoms with Crippen LogP contribution >= 0.6 is 0 Å². The first-order chi connectivity index (χ1) is 9.24. The van der Waals surface area contributed by atoms with Gasteiger partial charge in [-0.25, -0.2) is 0 Å². The van der Waals surface area contributed by atoms with E-state index in [1.807, 2.05) is 0 Å². The third-order valence-electron chi connectivity index (χ3n) is 4.08. The Hall–Kier alpha value is -1.76. The van der Waals surface area contributed by atoms with Gasteiger partial charge in [0.15, 0.2) is 0 Å². The second kappa shape index (κ2) is 5.08. The van der Waals surface area contributed by atoms with E-state index in [-0.39, 0.29) is 0 Å². The quantitative estimate of drug-likeness (QED) is 0.817. The van der Waals surface area contributed by atoms with E-state index in [4.69, 9.17) is 0 Å². The molecule has 1 aliphatic carbocycles. The summed E-state index contributed by atoms with van der Waals surface area (Å²) in [6, 6.07) is 17.9. The summed E-state index contributed by atoms with van der Waals surface area (Å²) in [5.74, 6) is 0.795. The lowest BCUT2D eigenvalue weighted by atomic mass is 10.0. The molecule has 3 rings (SSSR count). The summed E-state index contributed by atoms with van der Waals surface area (Å²) in [5, 5.41) is 3.73. The summed E-state index contributed by atoms with van der Waals surface area (Å²) in [7, 11) is 0. The monoisotopic (exact) mass is 251 g/mol. The highest BCUT2D eigenvalue weighted by Crippen LogP contribution is 2.42. The first-order valence-corrected chi connectivity index (χ1v) is 7.13. The van der Waals surface area contributed by atoms with Crippen molar-refractivity contribution in [3.05, 3.63) is 65.2 Å². The fourth-order valence-electron chi connectivity index (χ4n) is 2.57. The lowest BCUT2D eigenvalue weighted by Crippen LogP contribution is -2.12. The molecule has 2 aromatic carbocycles. The molecule has 1 N–H and O–H groups in total. The van der Waals surface area contributed by atoms with Gasteiger partial charge in [0.1, 0.15) is 0 Å². The van der Waals surface area contributed by atoms with E-state index in [0.29, 0.717) is 6.04 Å². The molecule has 98 valence electrons. The molecule has 1 fully saturated rings. The third kappa shape index (κ3) is 2.81. The molecule has 0 amide bonds. The Morgan fingerprint density at radius 2 is 1.68 bits per heavy atom. The number of aryl methyl sites for hydroxylation is 2. The van der Waals surface area contributed by atoms with Crippen LogP contribution in [0.25, 0.3) is 0 Å². The topological polar surface area (TPSA) is 12.0 Å². The molecule has 2 aromatic rings. The van der Waals surface area contributed by atoms with Crippen LogP contribution in [0.3, 0.4) is 0 Å². The van der Waals surface area contributed by atoms with Gasteiger partial charge in [0.2, 0.25) is 0 Å². The van der Waals surface area contributed by atoms with Crippen LogP contribution in [0.2, 0.25) is 0 Å². The molecule has 1 nitrogen and oxygen atoms in total. The maximum absolute atomic E-state index is 3.73. The van der Waals surface area contributed by atoms with E-state index in [2.05, 4.69) is 67.7 Å². The number of hydrogen-bond donors (Lipinski definition) is 1. The highest BCUT2D eigenvalue weighted by molar-refractivity contribution is 5.50. The SMILES string of the molecule is Cc1ccc(NC(c2ccccc2)C2CC2)cc1C. The van der Waals surface area contributed by atoms with Crippen molar-refractivity contribution in [2.75, 3.05) is 5.32 Å². The zero-order chi connectivity index (χ0) is 13.2. The average Bonchev–Trinajstić information content (AvgIpc) is 3.25. The van der Waals surface area contributed by atoms with E-state index in [1.54, 1.807) is 0 Å². The first-order valence-electron chi connectivity index (χ1n) is 7.13. The Bertz CT molecular complexity index is 555. The Morgan fingerprint density at radius 1 is 0.947 bits per heavy atom. The predicted molar refractivity (Wildman–Crippen MR) is 81.4 cm³/mol. The second-order valence-electron chi connectivity index (χ2n) is 5.67. The van der Waals surface area contributed by atoms with Gasteiger partial charge in [0, 0.05) is 5.69 Å². The van der Waals surface area contributed by atoms with Gasteiger partial charge < -0.3 is 5.32 Å². The molecule has 0 spiro atoms. The number of benzene rings is 2. The maximum atomic E-state index is 3.73. The molecule has 1 saturated carbocycles. The van der Waals surface area contributed by atoms with Crippen molar-refractivity contribution < 1.29 is 0 Å². The number of hydrogen-bond acceptors (Lipinski definition) is 1. The molecule has 0 aliphatic heterocycles. The van der Waals surface area contributed by atoms with Crippen molar-refractivity contribution in [3.63, 3.8) is 0 Å². The first kappa shape index (κ1) is 12.3. The number of nitrogens with one attached hydrogen (secondary N) is 1. The number of rotatable bonds is 4. The molecule has 1 aliphatic rings. The van der Waals surface area contributed by atoms with Gasteiger partial charge in [-0.3, -0.25) is 0 Å². The summed E-state index contributed by atoms with van der Waals surface area (Å²) < 4.78 is 0. The summed E-state index contributed by atoms with van der Waals surface area (Å²) in [4.78, 5) is 0.